The molecule has 0 atom stereocenters. The van der Waals surface area contributed by atoms with E-state index in [9.17, 15) is 5.11 Å². The van der Waals surface area contributed by atoms with Crippen molar-refractivity contribution in [2.24, 2.45) is 0 Å². The first-order valence-corrected chi connectivity index (χ1v) is 7.41. The number of rotatable bonds is 2. The molecule has 1 nitrogen and oxygen atoms in total. The average molecular weight is 395 g/mol. The van der Waals surface area contributed by atoms with Gasteiger partial charge in [-0.05, 0) is 11.1 Å². The summed E-state index contributed by atoms with van der Waals surface area (Å²) in [6.45, 7) is 0. The Morgan fingerprint density at radius 2 is 1.68 bits per heavy atom. The SMILES string of the molecule is Brc1ccc[cH-]1.[Fe+2].[O-]C(=CC=C1C=CC=C1)c1ccccc1. The van der Waals surface area contributed by atoms with Crippen LogP contribution in [0.1, 0.15) is 5.56 Å². The molecular weight excluding hydrogens is 380 g/mol. The van der Waals surface area contributed by atoms with Crippen molar-refractivity contribution in [2.45, 2.75) is 0 Å². The van der Waals surface area contributed by atoms with Crippen LogP contribution < -0.4 is 5.11 Å². The van der Waals surface area contributed by atoms with Crippen LogP contribution in [0.5, 0.6) is 0 Å². The molecule has 0 N–H and O–H groups in total. The van der Waals surface area contributed by atoms with Crippen LogP contribution in [0.3, 0.4) is 0 Å². The number of halogens is 1. The Hall–Kier alpha value is -1.67. The fourth-order valence-electron chi connectivity index (χ4n) is 1.72. The van der Waals surface area contributed by atoms with Gasteiger partial charge >= 0.3 is 17.1 Å². The Labute approximate surface area is 150 Å². The van der Waals surface area contributed by atoms with Crippen LogP contribution in [0.4, 0.5) is 0 Å². The first-order chi connectivity index (χ1) is 10.3. The summed E-state index contributed by atoms with van der Waals surface area (Å²) in [6.07, 6.45) is 11.3. The van der Waals surface area contributed by atoms with E-state index in [1.54, 1.807) is 6.08 Å². The van der Waals surface area contributed by atoms with Gasteiger partial charge in [-0.2, -0.15) is 18.2 Å². The summed E-state index contributed by atoms with van der Waals surface area (Å²) in [5.41, 5.74) is 1.78. The molecule has 1 aliphatic carbocycles. The Bertz CT molecular complexity index is 651. The van der Waals surface area contributed by atoms with Crippen LogP contribution in [-0.4, -0.2) is 0 Å². The van der Waals surface area contributed by atoms with Gasteiger partial charge in [0, 0.05) is 0 Å². The smallest absolute Gasteiger partial charge is 0.872 e. The molecule has 0 aliphatic heterocycles. The normalized spacial score (nSPS) is 12.4. The van der Waals surface area contributed by atoms with Crippen molar-refractivity contribution in [1.82, 2.24) is 0 Å². The van der Waals surface area contributed by atoms with Gasteiger partial charge in [0.1, 0.15) is 0 Å². The number of allylic oxidation sites excluding steroid dienone is 7. The molecule has 0 radical (unpaired) electrons. The topological polar surface area (TPSA) is 23.1 Å². The monoisotopic (exact) mass is 394 g/mol. The minimum absolute atomic E-state index is 0. The van der Waals surface area contributed by atoms with Gasteiger partial charge in [-0.1, -0.05) is 82.7 Å². The second-order valence-corrected chi connectivity index (χ2v) is 5.30. The zero-order valence-corrected chi connectivity index (χ0v) is 14.5. The van der Waals surface area contributed by atoms with Crippen LogP contribution in [-0.2, 0) is 17.1 Å². The number of hydrogen-bond donors (Lipinski definition) is 0. The first kappa shape index (κ1) is 18.4. The Morgan fingerprint density at radius 3 is 2.18 bits per heavy atom. The van der Waals surface area contributed by atoms with Crippen molar-refractivity contribution in [2.75, 3.05) is 0 Å². The third-order valence-electron chi connectivity index (χ3n) is 2.80. The molecule has 1 aliphatic rings. The maximum atomic E-state index is 11.7. The van der Waals surface area contributed by atoms with E-state index in [1.165, 1.54) is 0 Å². The molecule has 2 aromatic carbocycles. The summed E-state index contributed by atoms with van der Waals surface area (Å²) >= 11 is 3.28. The first-order valence-electron chi connectivity index (χ1n) is 6.62. The van der Waals surface area contributed by atoms with E-state index in [1.807, 2.05) is 85.0 Å². The standard InChI is InChI=1S/C14H12O.C5H4Br.Fe/c15-14(13-8-2-1-3-9-13)11-10-12-6-4-5-7-12;6-5-3-1-2-4-5;/h1-11,15H;1-4H;/q;-1;+2/p-1. The van der Waals surface area contributed by atoms with Crippen molar-refractivity contribution in [1.29, 1.82) is 0 Å². The van der Waals surface area contributed by atoms with Crippen LogP contribution in [0, 0.1) is 0 Å². The molecule has 0 aromatic heterocycles. The molecule has 112 valence electrons. The molecule has 0 heterocycles. The van der Waals surface area contributed by atoms with Crippen molar-refractivity contribution >= 4 is 21.7 Å². The molecule has 0 bridgehead atoms. The third-order valence-corrected chi connectivity index (χ3v) is 3.32. The van der Waals surface area contributed by atoms with Crippen LogP contribution in [0.15, 0.2) is 101 Å². The fraction of sp³-hybridized carbons (Fsp3) is 0. The summed E-state index contributed by atoms with van der Waals surface area (Å²) in [5, 5.41) is 11.7. The van der Waals surface area contributed by atoms with Crippen LogP contribution in [0.2, 0.25) is 0 Å². The molecule has 3 heteroatoms. The summed E-state index contributed by atoms with van der Waals surface area (Å²) in [4.78, 5) is 0. The quantitative estimate of drug-likeness (QED) is 0.414. The second-order valence-electron chi connectivity index (χ2n) is 4.38. The van der Waals surface area contributed by atoms with Crippen LogP contribution in [0.25, 0.3) is 5.76 Å². The summed E-state index contributed by atoms with van der Waals surface area (Å²) in [6, 6.07) is 17.2. The van der Waals surface area contributed by atoms with Crippen molar-refractivity contribution in [3.63, 3.8) is 0 Å². The van der Waals surface area contributed by atoms with Gasteiger partial charge in [-0.15, -0.1) is 10.2 Å². The molecule has 0 amide bonds. The average Bonchev–Trinajstić information content (AvgIpc) is 3.20. The van der Waals surface area contributed by atoms with Gasteiger partial charge in [0.2, 0.25) is 0 Å². The van der Waals surface area contributed by atoms with Crippen molar-refractivity contribution < 1.29 is 22.2 Å². The van der Waals surface area contributed by atoms with Crippen molar-refractivity contribution in [3.05, 3.63) is 107 Å². The maximum Gasteiger partial charge on any atom is 2.00 e. The van der Waals surface area contributed by atoms with Gasteiger partial charge < -0.3 is 5.11 Å². The Kier molecular flexibility index (Phi) is 8.46. The molecule has 0 saturated carbocycles. The minimum Gasteiger partial charge on any atom is -0.872 e. The second kappa shape index (κ2) is 10.1. The molecule has 3 rings (SSSR count). The third kappa shape index (κ3) is 6.40. The fourth-order valence-corrected chi connectivity index (χ4v) is 2.03. The molecule has 0 unspecified atom stereocenters. The summed E-state index contributed by atoms with van der Waals surface area (Å²) in [7, 11) is 0. The van der Waals surface area contributed by atoms with E-state index < -0.39 is 0 Å². The van der Waals surface area contributed by atoms with Crippen LogP contribution >= 0.6 is 15.9 Å². The molecule has 2 aromatic rings. The Balaban J connectivity index is 0.000000293. The molecule has 0 saturated heterocycles. The Morgan fingerprint density at radius 1 is 1.00 bits per heavy atom. The van der Waals surface area contributed by atoms with Crippen molar-refractivity contribution in [3.8, 4) is 0 Å². The van der Waals surface area contributed by atoms with E-state index in [2.05, 4.69) is 15.9 Å². The van der Waals surface area contributed by atoms with Gasteiger partial charge in [0.25, 0.3) is 0 Å². The predicted octanol–water partition coefficient (Wildman–Crippen LogP) is 4.61. The maximum absolute atomic E-state index is 11.7. The minimum atomic E-state index is 0. The zero-order chi connectivity index (χ0) is 14.9. The van der Waals surface area contributed by atoms with Gasteiger partial charge in [0.05, 0.1) is 0 Å². The summed E-state index contributed by atoms with van der Waals surface area (Å²) in [5.74, 6) is 0.0387. The van der Waals surface area contributed by atoms with E-state index in [4.69, 9.17) is 0 Å². The summed E-state index contributed by atoms with van der Waals surface area (Å²) < 4.78 is 1.16. The van der Waals surface area contributed by atoms with Gasteiger partial charge in [0.15, 0.2) is 0 Å². The van der Waals surface area contributed by atoms with E-state index >= 15 is 0 Å². The molecule has 22 heavy (non-hydrogen) atoms. The zero-order valence-electron chi connectivity index (χ0n) is 11.8. The van der Waals surface area contributed by atoms with E-state index in [0.29, 0.717) is 0 Å². The molecule has 0 spiro atoms. The number of hydrogen-bond acceptors (Lipinski definition) is 1. The molecular formula is C19H15BrFeO. The predicted molar refractivity (Wildman–Crippen MR) is 90.5 cm³/mol. The number of benzene rings is 1. The van der Waals surface area contributed by atoms with E-state index in [0.717, 1.165) is 15.6 Å². The van der Waals surface area contributed by atoms with Gasteiger partial charge in [-0.3, -0.25) is 0 Å². The molecule has 0 fully saturated rings. The van der Waals surface area contributed by atoms with E-state index in [-0.39, 0.29) is 22.8 Å². The largest absolute Gasteiger partial charge is 2.00 e. The van der Waals surface area contributed by atoms with Gasteiger partial charge in [-0.25, -0.2) is 6.07 Å².